The summed E-state index contributed by atoms with van der Waals surface area (Å²) in [6.07, 6.45) is 2.80. The second-order valence-electron chi connectivity index (χ2n) is 4.93. The number of hydrogen-bond donors (Lipinski definition) is 0. The summed E-state index contributed by atoms with van der Waals surface area (Å²) in [5.41, 5.74) is 0.889. The highest BCUT2D eigenvalue weighted by molar-refractivity contribution is 8.00. The molecule has 5 nitrogen and oxygen atoms in total. The Labute approximate surface area is 127 Å². The van der Waals surface area contributed by atoms with Crippen molar-refractivity contribution in [2.75, 3.05) is 24.8 Å². The Morgan fingerprint density at radius 2 is 2.25 bits per heavy atom. The van der Waals surface area contributed by atoms with Crippen molar-refractivity contribution in [3.63, 3.8) is 0 Å². The minimum absolute atomic E-state index is 0.0356. The molecule has 1 aliphatic rings. The minimum Gasteiger partial charge on any atom is -0.341 e. The van der Waals surface area contributed by atoms with Gasteiger partial charge in [0.05, 0.1) is 23.6 Å². The molecule has 20 heavy (non-hydrogen) atoms. The fourth-order valence-electron chi connectivity index (χ4n) is 2.20. The summed E-state index contributed by atoms with van der Waals surface area (Å²) in [6, 6.07) is -0.180. The molecule has 1 fully saturated rings. The van der Waals surface area contributed by atoms with Gasteiger partial charge in [-0.25, -0.2) is 13.4 Å². The molecular weight excluding hydrogens is 316 g/mol. The number of carbonyl (C=O) groups is 1. The molecule has 1 amide bonds. The average Bonchev–Trinajstić information content (AvgIpc) is 2.92. The van der Waals surface area contributed by atoms with E-state index in [0.29, 0.717) is 12.8 Å². The Bertz CT molecular complexity index is 609. The van der Waals surface area contributed by atoms with Gasteiger partial charge in [0.25, 0.3) is 0 Å². The van der Waals surface area contributed by atoms with Crippen molar-refractivity contribution in [3.05, 3.63) is 10.6 Å². The predicted octanol–water partition coefficient (Wildman–Crippen LogP) is 1.36. The quantitative estimate of drug-likeness (QED) is 0.778. The topological polar surface area (TPSA) is 67.3 Å². The van der Waals surface area contributed by atoms with Crippen molar-refractivity contribution >= 4 is 38.8 Å². The molecule has 2 rings (SSSR count). The summed E-state index contributed by atoms with van der Waals surface area (Å²) in [7, 11) is -1.27. The van der Waals surface area contributed by atoms with Crippen molar-refractivity contribution in [1.82, 2.24) is 9.88 Å². The van der Waals surface area contributed by atoms with Crippen LogP contribution in [0, 0.1) is 6.92 Å². The van der Waals surface area contributed by atoms with Gasteiger partial charge in [0.1, 0.15) is 4.34 Å². The molecule has 112 valence electrons. The van der Waals surface area contributed by atoms with E-state index >= 15 is 0 Å². The average molecular weight is 334 g/mol. The number of aryl methyl sites for hydroxylation is 1. The summed E-state index contributed by atoms with van der Waals surface area (Å²) in [4.78, 5) is 19.2. The van der Waals surface area contributed by atoms with Gasteiger partial charge in [-0.3, -0.25) is 4.79 Å². The van der Waals surface area contributed by atoms with Crippen LogP contribution in [0.3, 0.4) is 0 Å². The van der Waals surface area contributed by atoms with Crippen LogP contribution in [-0.2, 0) is 21.1 Å². The van der Waals surface area contributed by atoms with Crippen LogP contribution < -0.4 is 0 Å². The fraction of sp³-hybridized carbons (Fsp3) is 0.667. The van der Waals surface area contributed by atoms with Crippen LogP contribution in [0.1, 0.15) is 17.0 Å². The van der Waals surface area contributed by atoms with Gasteiger partial charge in [0.15, 0.2) is 9.84 Å². The van der Waals surface area contributed by atoms with Gasteiger partial charge >= 0.3 is 0 Å². The number of carbonyl (C=O) groups excluding carboxylic acids is 1. The molecule has 1 aromatic rings. The maximum atomic E-state index is 12.3. The Balaban J connectivity index is 2.02. The zero-order valence-electron chi connectivity index (χ0n) is 11.7. The highest BCUT2D eigenvalue weighted by Crippen LogP contribution is 2.26. The first-order valence-corrected chi connectivity index (χ1v) is 10.1. The number of aromatic nitrogens is 1. The summed E-state index contributed by atoms with van der Waals surface area (Å²) in [5.74, 6) is 0.241. The molecule has 0 aliphatic carbocycles. The van der Waals surface area contributed by atoms with Crippen LogP contribution in [-0.4, -0.2) is 55.1 Å². The normalized spacial score (nSPS) is 21.1. The SMILES string of the molecule is CSc1nc(C)c(CC(=O)N(C)C2CCS(=O)(=O)C2)s1. The number of likely N-dealkylation sites (N-methyl/N-ethyl adjacent to an activating group) is 1. The molecule has 8 heteroatoms. The molecule has 1 aliphatic heterocycles. The van der Waals surface area contributed by atoms with Gasteiger partial charge in [-0.1, -0.05) is 11.8 Å². The monoisotopic (exact) mass is 334 g/mol. The van der Waals surface area contributed by atoms with Crippen molar-refractivity contribution in [2.45, 2.75) is 30.1 Å². The van der Waals surface area contributed by atoms with Gasteiger partial charge in [0.2, 0.25) is 5.91 Å². The van der Waals surface area contributed by atoms with Crippen LogP contribution in [0.15, 0.2) is 4.34 Å². The van der Waals surface area contributed by atoms with E-state index in [-0.39, 0.29) is 23.5 Å². The molecule has 0 N–H and O–H groups in total. The lowest BCUT2D eigenvalue weighted by Gasteiger charge is -2.23. The number of amides is 1. The van der Waals surface area contributed by atoms with E-state index in [0.717, 1.165) is 14.9 Å². The van der Waals surface area contributed by atoms with Gasteiger partial charge in [0, 0.05) is 18.0 Å². The zero-order chi connectivity index (χ0) is 14.9. The number of thiazole rings is 1. The van der Waals surface area contributed by atoms with Crippen molar-refractivity contribution in [3.8, 4) is 0 Å². The van der Waals surface area contributed by atoms with Crippen LogP contribution >= 0.6 is 23.1 Å². The van der Waals surface area contributed by atoms with Crippen LogP contribution in [0.25, 0.3) is 0 Å². The van der Waals surface area contributed by atoms with Crippen molar-refractivity contribution in [1.29, 1.82) is 0 Å². The molecular formula is C12H18N2O3S3. The summed E-state index contributed by atoms with van der Waals surface area (Å²) in [6.45, 7) is 1.90. The number of sulfone groups is 1. The lowest BCUT2D eigenvalue weighted by atomic mass is 10.2. The zero-order valence-corrected chi connectivity index (χ0v) is 14.2. The number of nitrogens with zero attached hydrogens (tertiary/aromatic N) is 2. The second-order valence-corrected chi connectivity index (χ2v) is 9.30. The van der Waals surface area contributed by atoms with E-state index < -0.39 is 9.84 Å². The number of thioether (sulfide) groups is 1. The summed E-state index contributed by atoms with van der Waals surface area (Å²) >= 11 is 3.10. The third-order valence-electron chi connectivity index (χ3n) is 3.51. The van der Waals surface area contributed by atoms with E-state index in [4.69, 9.17) is 0 Å². The van der Waals surface area contributed by atoms with Gasteiger partial charge in [-0.15, -0.1) is 11.3 Å². The summed E-state index contributed by atoms with van der Waals surface area (Å²) < 4.78 is 23.9. The summed E-state index contributed by atoms with van der Waals surface area (Å²) in [5, 5.41) is 0. The molecule has 2 heterocycles. The van der Waals surface area contributed by atoms with Crippen LogP contribution in [0.4, 0.5) is 0 Å². The van der Waals surface area contributed by atoms with Crippen molar-refractivity contribution in [2.24, 2.45) is 0 Å². The Morgan fingerprint density at radius 3 is 2.75 bits per heavy atom. The number of hydrogen-bond acceptors (Lipinski definition) is 6. The van der Waals surface area contributed by atoms with E-state index in [2.05, 4.69) is 4.98 Å². The van der Waals surface area contributed by atoms with Crippen molar-refractivity contribution < 1.29 is 13.2 Å². The molecule has 1 unspecified atom stereocenters. The Hall–Kier alpha value is -0.600. The largest absolute Gasteiger partial charge is 0.341 e. The molecule has 1 aromatic heterocycles. The van der Waals surface area contributed by atoms with E-state index in [1.807, 2.05) is 13.2 Å². The first kappa shape index (κ1) is 15.8. The first-order valence-electron chi connectivity index (χ1n) is 6.29. The minimum atomic E-state index is -2.96. The molecule has 0 saturated carbocycles. The standard InChI is InChI=1S/C12H18N2O3S3/c1-8-10(19-12(13-8)18-3)6-11(15)14(2)9-4-5-20(16,17)7-9/h9H,4-7H2,1-3H3. The molecule has 0 aromatic carbocycles. The predicted molar refractivity (Wildman–Crippen MR) is 82.2 cm³/mol. The van der Waals surface area contributed by atoms with E-state index in [1.165, 1.54) is 11.3 Å². The number of rotatable bonds is 4. The lowest BCUT2D eigenvalue weighted by Crippen LogP contribution is -2.38. The third kappa shape index (κ3) is 3.53. The van der Waals surface area contributed by atoms with Crippen LogP contribution in [0.2, 0.25) is 0 Å². The second kappa shape index (κ2) is 6.03. The van der Waals surface area contributed by atoms with E-state index in [9.17, 15) is 13.2 Å². The van der Waals surface area contributed by atoms with Gasteiger partial charge in [-0.2, -0.15) is 0 Å². The fourth-order valence-corrected chi connectivity index (χ4v) is 5.62. The molecule has 0 bridgehead atoms. The maximum absolute atomic E-state index is 12.3. The Morgan fingerprint density at radius 1 is 1.55 bits per heavy atom. The molecule has 0 spiro atoms. The van der Waals surface area contributed by atoms with Gasteiger partial charge < -0.3 is 4.90 Å². The van der Waals surface area contributed by atoms with Crippen LogP contribution in [0.5, 0.6) is 0 Å². The molecule has 1 saturated heterocycles. The lowest BCUT2D eigenvalue weighted by molar-refractivity contribution is -0.130. The maximum Gasteiger partial charge on any atom is 0.227 e. The van der Waals surface area contributed by atoms with E-state index in [1.54, 1.807) is 23.7 Å². The molecule has 1 atom stereocenters. The molecule has 0 radical (unpaired) electrons. The highest BCUT2D eigenvalue weighted by Gasteiger charge is 2.32. The smallest absolute Gasteiger partial charge is 0.227 e. The van der Waals surface area contributed by atoms with Gasteiger partial charge in [-0.05, 0) is 19.6 Å². The first-order chi connectivity index (χ1) is 9.32. The third-order valence-corrected chi connectivity index (χ3v) is 7.40. The highest BCUT2D eigenvalue weighted by atomic mass is 32.2. The Kier molecular flexibility index (Phi) is 4.76.